The molecular weight excluding hydrogens is 205 g/mol. The van der Waals surface area contributed by atoms with Crippen LogP contribution in [0.4, 0.5) is 4.39 Å². The van der Waals surface area contributed by atoms with Crippen molar-refractivity contribution in [1.82, 2.24) is 15.6 Å². The van der Waals surface area contributed by atoms with Gasteiger partial charge in [0.05, 0.1) is 11.9 Å². The quantitative estimate of drug-likeness (QED) is 0.687. The van der Waals surface area contributed by atoms with Crippen molar-refractivity contribution in [1.29, 1.82) is 0 Å². The van der Waals surface area contributed by atoms with Crippen molar-refractivity contribution in [2.75, 3.05) is 13.1 Å². The van der Waals surface area contributed by atoms with Crippen molar-refractivity contribution in [3.63, 3.8) is 0 Å². The van der Waals surface area contributed by atoms with E-state index in [1.54, 1.807) is 6.07 Å². The molecule has 0 spiro atoms. The molecule has 1 heterocycles. The largest absolute Gasteiger partial charge is 0.314 e. The third kappa shape index (κ3) is 4.24. The SMILES string of the molecule is Fc1ccc(CNCCCNC2CC2)nc1. The Bertz CT molecular complexity index is 309. The van der Waals surface area contributed by atoms with Gasteiger partial charge >= 0.3 is 0 Å². The highest BCUT2D eigenvalue weighted by Gasteiger charge is 2.19. The second-order valence-electron chi connectivity index (χ2n) is 4.23. The maximum atomic E-state index is 12.6. The molecule has 1 aliphatic carbocycles. The van der Waals surface area contributed by atoms with Crippen LogP contribution in [0.25, 0.3) is 0 Å². The third-order valence-corrected chi connectivity index (χ3v) is 2.64. The first-order valence-electron chi connectivity index (χ1n) is 5.89. The summed E-state index contributed by atoms with van der Waals surface area (Å²) in [6.07, 6.45) is 5.06. The van der Waals surface area contributed by atoms with E-state index in [0.29, 0.717) is 6.54 Å². The van der Waals surface area contributed by atoms with E-state index in [2.05, 4.69) is 15.6 Å². The smallest absolute Gasteiger partial charge is 0.141 e. The summed E-state index contributed by atoms with van der Waals surface area (Å²) in [4.78, 5) is 3.98. The van der Waals surface area contributed by atoms with Gasteiger partial charge in [0, 0.05) is 12.6 Å². The maximum Gasteiger partial charge on any atom is 0.141 e. The van der Waals surface area contributed by atoms with Crippen LogP contribution in [-0.4, -0.2) is 24.1 Å². The molecule has 1 saturated carbocycles. The van der Waals surface area contributed by atoms with Gasteiger partial charge in [0.15, 0.2) is 0 Å². The fourth-order valence-electron chi connectivity index (χ4n) is 1.53. The number of aromatic nitrogens is 1. The second-order valence-corrected chi connectivity index (χ2v) is 4.23. The molecule has 0 saturated heterocycles. The van der Waals surface area contributed by atoms with Crippen molar-refractivity contribution in [3.05, 3.63) is 29.8 Å². The summed E-state index contributed by atoms with van der Waals surface area (Å²) in [6, 6.07) is 3.95. The lowest BCUT2D eigenvalue weighted by atomic mass is 10.3. The van der Waals surface area contributed by atoms with Gasteiger partial charge in [0.25, 0.3) is 0 Å². The molecule has 1 fully saturated rings. The number of pyridine rings is 1. The van der Waals surface area contributed by atoms with Crippen molar-refractivity contribution in [3.8, 4) is 0 Å². The molecule has 0 bridgehead atoms. The molecule has 4 heteroatoms. The summed E-state index contributed by atoms with van der Waals surface area (Å²) in [5.41, 5.74) is 0.886. The zero-order valence-corrected chi connectivity index (χ0v) is 9.38. The monoisotopic (exact) mass is 223 g/mol. The Hall–Kier alpha value is -1.00. The van der Waals surface area contributed by atoms with E-state index in [-0.39, 0.29) is 5.82 Å². The van der Waals surface area contributed by atoms with Gasteiger partial charge in [-0.25, -0.2) is 4.39 Å². The second kappa shape index (κ2) is 5.92. The molecule has 0 aromatic carbocycles. The molecule has 2 N–H and O–H groups in total. The average Bonchev–Trinajstić information content (AvgIpc) is 3.10. The van der Waals surface area contributed by atoms with Gasteiger partial charge in [0.1, 0.15) is 5.82 Å². The molecule has 0 amide bonds. The van der Waals surface area contributed by atoms with Gasteiger partial charge in [-0.2, -0.15) is 0 Å². The first-order chi connectivity index (χ1) is 7.84. The first kappa shape index (κ1) is 11.5. The predicted molar refractivity (Wildman–Crippen MR) is 61.5 cm³/mol. The molecule has 2 rings (SSSR count). The number of nitrogens with zero attached hydrogens (tertiary/aromatic N) is 1. The molecule has 0 atom stereocenters. The number of hydrogen-bond acceptors (Lipinski definition) is 3. The molecule has 0 unspecified atom stereocenters. The van der Waals surface area contributed by atoms with Crippen LogP contribution in [0.15, 0.2) is 18.3 Å². The fraction of sp³-hybridized carbons (Fsp3) is 0.583. The van der Waals surface area contributed by atoms with E-state index in [9.17, 15) is 4.39 Å². The van der Waals surface area contributed by atoms with Crippen LogP contribution in [0.3, 0.4) is 0 Å². The van der Waals surface area contributed by atoms with Crippen molar-refractivity contribution in [2.45, 2.75) is 31.8 Å². The molecule has 0 radical (unpaired) electrons. The molecule has 16 heavy (non-hydrogen) atoms. The predicted octanol–water partition coefficient (Wildman–Crippen LogP) is 1.45. The van der Waals surface area contributed by atoms with E-state index in [1.807, 2.05) is 0 Å². The summed E-state index contributed by atoms with van der Waals surface area (Å²) in [7, 11) is 0. The molecule has 3 nitrogen and oxygen atoms in total. The van der Waals surface area contributed by atoms with Crippen LogP contribution in [0, 0.1) is 5.82 Å². The van der Waals surface area contributed by atoms with Gasteiger partial charge in [-0.15, -0.1) is 0 Å². The Morgan fingerprint density at radius 2 is 2.19 bits per heavy atom. The molecular formula is C12H18FN3. The molecule has 1 aromatic heterocycles. The van der Waals surface area contributed by atoms with E-state index in [4.69, 9.17) is 0 Å². The zero-order valence-electron chi connectivity index (χ0n) is 9.38. The van der Waals surface area contributed by atoms with E-state index >= 15 is 0 Å². The van der Waals surface area contributed by atoms with Gasteiger partial charge in [-0.1, -0.05) is 0 Å². The van der Waals surface area contributed by atoms with Crippen molar-refractivity contribution >= 4 is 0 Å². The molecule has 88 valence electrons. The van der Waals surface area contributed by atoms with Crippen LogP contribution in [0.5, 0.6) is 0 Å². The minimum absolute atomic E-state index is 0.280. The molecule has 1 aliphatic rings. The summed E-state index contributed by atoms with van der Waals surface area (Å²) in [5.74, 6) is -0.280. The lowest BCUT2D eigenvalue weighted by molar-refractivity contribution is 0.585. The number of halogens is 1. The third-order valence-electron chi connectivity index (χ3n) is 2.64. The lowest BCUT2D eigenvalue weighted by Gasteiger charge is -2.05. The Balaban J connectivity index is 1.51. The first-order valence-corrected chi connectivity index (χ1v) is 5.89. The van der Waals surface area contributed by atoms with Crippen LogP contribution >= 0.6 is 0 Å². The van der Waals surface area contributed by atoms with Crippen LogP contribution in [0.2, 0.25) is 0 Å². The summed E-state index contributed by atoms with van der Waals surface area (Å²) < 4.78 is 12.6. The van der Waals surface area contributed by atoms with Crippen LogP contribution < -0.4 is 10.6 Å². The van der Waals surface area contributed by atoms with Crippen LogP contribution in [-0.2, 0) is 6.54 Å². The van der Waals surface area contributed by atoms with Crippen molar-refractivity contribution in [2.24, 2.45) is 0 Å². The summed E-state index contributed by atoms with van der Waals surface area (Å²) in [6.45, 7) is 2.76. The minimum atomic E-state index is -0.280. The standard InChI is InChI=1S/C12H18FN3/c13-10-2-3-12(16-8-10)9-14-6-1-7-15-11-4-5-11/h2-3,8,11,14-15H,1,4-7,9H2. The number of hydrogen-bond donors (Lipinski definition) is 2. The van der Waals surface area contributed by atoms with Gasteiger partial charge in [-0.3, -0.25) is 4.98 Å². The van der Waals surface area contributed by atoms with Gasteiger partial charge in [-0.05, 0) is 44.5 Å². The van der Waals surface area contributed by atoms with Gasteiger partial charge in [0.2, 0.25) is 0 Å². The molecule has 0 aliphatic heterocycles. The lowest BCUT2D eigenvalue weighted by Crippen LogP contribution is -2.23. The van der Waals surface area contributed by atoms with Crippen LogP contribution in [0.1, 0.15) is 25.0 Å². The number of nitrogens with one attached hydrogen (secondary N) is 2. The highest BCUT2D eigenvalue weighted by Crippen LogP contribution is 2.18. The molecule has 1 aromatic rings. The number of rotatable bonds is 7. The Morgan fingerprint density at radius 3 is 2.88 bits per heavy atom. The van der Waals surface area contributed by atoms with Crippen molar-refractivity contribution < 1.29 is 4.39 Å². The Labute approximate surface area is 95.5 Å². The fourth-order valence-corrected chi connectivity index (χ4v) is 1.53. The Morgan fingerprint density at radius 1 is 1.31 bits per heavy atom. The van der Waals surface area contributed by atoms with Gasteiger partial charge < -0.3 is 10.6 Å². The average molecular weight is 223 g/mol. The Kier molecular flexibility index (Phi) is 4.25. The maximum absolute atomic E-state index is 12.6. The zero-order chi connectivity index (χ0) is 11.2. The van der Waals surface area contributed by atoms with E-state index in [1.165, 1.54) is 25.1 Å². The van der Waals surface area contributed by atoms with E-state index < -0.39 is 0 Å². The highest BCUT2D eigenvalue weighted by atomic mass is 19.1. The van der Waals surface area contributed by atoms with E-state index in [0.717, 1.165) is 31.2 Å². The summed E-state index contributed by atoms with van der Waals surface area (Å²) >= 11 is 0. The topological polar surface area (TPSA) is 37.0 Å². The normalized spacial score (nSPS) is 15.3. The highest BCUT2D eigenvalue weighted by molar-refractivity contribution is 5.04. The summed E-state index contributed by atoms with van der Waals surface area (Å²) in [5, 5.41) is 6.75. The minimum Gasteiger partial charge on any atom is -0.314 e.